The van der Waals surface area contributed by atoms with Gasteiger partial charge in [0.15, 0.2) is 0 Å². The molecule has 0 fully saturated rings. The Hall–Kier alpha value is -2.24. The van der Waals surface area contributed by atoms with Crippen molar-refractivity contribution < 1.29 is 19.1 Å². The summed E-state index contributed by atoms with van der Waals surface area (Å²) in [6.07, 6.45) is -0.620. The zero-order valence-corrected chi connectivity index (χ0v) is 15.1. The van der Waals surface area contributed by atoms with E-state index in [0.29, 0.717) is 19.1 Å². The van der Waals surface area contributed by atoms with Crippen LogP contribution in [0.1, 0.15) is 39.2 Å². The maximum absolute atomic E-state index is 12.1. The van der Waals surface area contributed by atoms with Crippen molar-refractivity contribution in [1.82, 2.24) is 10.6 Å². The molecule has 6 heteroatoms. The lowest BCUT2D eigenvalue weighted by molar-refractivity contribution is -0.124. The molecule has 0 heterocycles. The van der Waals surface area contributed by atoms with Gasteiger partial charge in [0.05, 0.1) is 13.7 Å². The maximum atomic E-state index is 12.1. The van der Waals surface area contributed by atoms with Crippen LogP contribution in [-0.2, 0) is 9.53 Å². The Bertz CT molecular complexity index is 526. The number of ether oxygens (including phenoxy) is 2. The lowest BCUT2D eigenvalue weighted by Crippen LogP contribution is -2.50. The van der Waals surface area contributed by atoms with Crippen molar-refractivity contribution in [3.63, 3.8) is 0 Å². The molecule has 1 unspecified atom stereocenters. The molecule has 0 radical (unpaired) electrons. The summed E-state index contributed by atoms with van der Waals surface area (Å²) in [6, 6.07) is 7.28. The standard InChI is InChI=1S/C18H28N2O4/c1-12(2)14-6-8-15(9-7-14)24-11-10-19-17(21)16(13(3)4)20-18(22)23-5/h6-9,12-13,16H,10-11H2,1-5H3,(H,19,21)(H,20,22). The second kappa shape index (κ2) is 9.80. The molecule has 0 aromatic heterocycles. The van der Waals surface area contributed by atoms with E-state index in [0.717, 1.165) is 5.75 Å². The zero-order chi connectivity index (χ0) is 18.1. The molecule has 0 bridgehead atoms. The first-order chi connectivity index (χ1) is 11.3. The van der Waals surface area contributed by atoms with Crippen LogP contribution in [0.25, 0.3) is 0 Å². The molecule has 1 aromatic carbocycles. The number of amides is 2. The van der Waals surface area contributed by atoms with Crippen molar-refractivity contribution in [3.05, 3.63) is 29.8 Å². The molecule has 1 aromatic rings. The molecule has 0 aliphatic carbocycles. The number of methoxy groups -OCH3 is 1. The van der Waals surface area contributed by atoms with Gasteiger partial charge in [-0.15, -0.1) is 0 Å². The fraction of sp³-hybridized carbons (Fsp3) is 0.556. The van der Waals surface area contributed by atoms with Crippen molar-refractivity contribution in [2.75, 3.05) is 20.3 Å². The van der Waals surface area contributed by atoms with Crippen LogP contribution in [0, 0.1) is 5.92 Å². The summed E-state index contributed by atoms with van der Waals surface area (Å²) in [4.78, 5) is 23.4. The van der Waals surface area contributed by atoms with Gasteiger partial charge in [-0.25, -0.2) is 4.79 Å². The van der Waals surface area contributed by atoms with Gasteiger partial charge >= 0.3 is 6.09 Å². The van der Waals surface area contributed by atoms with Gasteiger partial charge in [0.1, 0.15) is 18.4 Å². The molecular weight excluding hydrogens is 308 g/mol. The van der Waals surface area contributed by atoms with Crippen LogP contribution in [0.5, 0.6) is 5.75 Å². The molecule has 1 atom stereocenters. The minimum Gasteiger partial charge on any atom is -0.492 e. The molecule has 2 N–H and O–H groups in total. The lowest BCUT2D eigenvalue weighted by atomic mass is 10.0. The summed E-state index contributed by atoms with van der Waals surface area (Å²) in [6.45, 7) is 8.70. The first-order valence-corrected chi connectivity index (χ1v) is 8.20. The number of alkyl carbamates (subject to hydrolysis) is 1. The summed E-state index contributed by atoms with van der Waals surface area (Å²) in [5, 5.41) is 5.29. The Labute approximate surface area is 143 Å². The zero-order valence-electron chi connectivity index (χ0n) is 15.1. The topological polar surface area (TPSA) is 76.7 Å². The van der Waals surface area contributed by atoms with Gasteiger partial charge in [-0.05, 0) is 29.5 Å². The van der Waals surface area contributed by atoms with Crippen molar-refractivity contribution in [2.24, 2.45) is 5.92 Å². The molecule has 0 spiro atoms. The first-order valence-electron chi connectivity index (χ1n) is 8.20. The van der Waals surface area contributed by atoms with Gasteiger partial charge in [-0.3, -0.25) is 4.79 Å². The third kappa shape index (κ3) is 6.48. The molecule has 0 aliphatic rings. The second-order valence-corrected chi connectivity index (χ2v) is 6.22. The lowest BCUT2D eigenvalue weighted by Gasteiger charge is -2.20. The van der Waals surface area contributed by atoms with E-state index in [-0.39, 0.29) is 11.8 Å². The van der Waals surface area contributed by atoms with Crippen LogP contribution < -0.4 is 15.4 Å². The van der Waals surface area contributed by atoms with E-state index in [1.165, 1.54) is 12.7 Å². The van der Waals surface area contributed by atoms with Gasteiger partial charge in [0, 0.05) is 0 Å². The summed E-state index contributed by atoms with van der Waals surface area (Å²) in [5.41, 5.74) is 1.25. The fourth-order valence-corrected chi connectivity index (χ4v) is 2.12. The molecule has 134 valence electrons. The third-order valence-electron chi connectivity index (χ3n) is 3.62. The maximum Gasteiger partial charge on any atom is 0.407 e. The number of hydrogen-bond acceptors (Lipinski definition) is 4. The van der Waals surface area contributed by atoms with Gasteiger partial charge in [-0.1, -0.05) is 39.8 Å². The molecule has 0 saturated carbocycles. The number of carbonyl (C=O) groups excluding carboxylic acids is 2. The average Bonchev–Trinajstić information content (AvgIpc) is 2.56. The number of nitrogens with one attached hydrogen (secondary N) is 2. The molecule has 0 saturated heterocycles. The molecule has 0 aliphatic heterocycles. The van der Waals surface area contributed by atoms with E-state index in [4.69, 9.17) is 4.74 Å². The number of hydrogen-bond donors (Lipinski definition) is 2. The van der Waals surface area contributed by atoms with Crippen molar-refractivity contribution in [1.29, 1.82) is 0 Å². The molecule has 1 rings (SSSR count). The Morgan fingerprint density at radius 2 is 1.71 bits per heavy atom. The van der Waals surface area contributed by atoms with E-state index < -0.39 is 12.1 Å². The summed E-state index contributed by atoms with van der Waals surface area (Å²) >= 11 is 0. The van der Waals surface area contributed by atoms with Gasteiger partial charge in [0.25, 0.3) is 0 Å². The molecule has 2 amide bonds. The van der Waals surface area contributed by atoms with Gasteiger partial charge < -0.3 is 20.1 Å². The predicted molar refractivity (Wildman–Crippen MR) is 93.2 cm³/mol. The monoisotopic (exact) mass is 336 g/mol. The quantitative estimate of drug-likeness (QED) is 0.716. The third-order valence-corrected chi connectivity index (χ3v) is 3.62. The van der Waals surface area contributed by atoms with Crippen molar-refractivity contribution >= 4 is 12.0 Å². The highest BCUT2D eigenvalue weighted by molar-refractivity contribution is 5.85. The van der Waals surface area contributed by atoms with Crippen molar-refractivity contribution in [2.45, 2.75) is 39.7 Å². The van der Waals surface area contributed by atoms with Crippen LogP contribution >= 0.6 is 0 Å². The van der Waals surface area contributed by atoms with Crippen LogP contribution in [0.3, 0.4) is 0 Å². The molecular formula is C18H28N2O4. The SMILES string of the molecule is COC(=O)NC(C(=O)NCCOc1ccc(C(C)C)cc1)C(C)C. The van der Waals surface area contributed by atoms with E-state index in [2.05, 4.69) is 29.2 Å². The highest BCUT2D eigenvalue weighted by Gasteiger charge is 2.24. The number of carbonyl (C=O) groups is 2. The Balaban J connectivity index is 2.39. The van der Waals surface area contributed by atoms with Crippen LogP contribution in [0.4, 0.5) is 4.79 Å². The van der Waals surface area contributed by atoms with E-state index in [1.807, 2.05) is 38.1 Å². The van der Waals surface area contributed by atoms with Crippen LogP contribution in [0.2, 0.25) is 0 Å². The normalized spacial score (nSPS) is 12.0. The van der Waals surface area contributed by atoms with Crippen LogP contribution in [-0.4, -0.2) is 38.3 Å². The molecule has 6 nitrogen and oxygen atoms in total. The second-order valence-electron chi connectivity index (χ2n) is 6.22. The highest BCUT2D eigenvalue weighted by atomic mass is 16.5. The smallest absolute Gasteiger partial charge is 0.407 e. The summed E-state index contributed by atoms with van der Waals surface area (Å²) in [5.74, 6) is 0.943. The Morgan fingerprint density at radius 1 is 1.08 bits per heavy atom. The average molecular weight is 336 g/mol. The Morgan fingerprint density at radius 3 is 2.21 bits per heavy atom. The fourth-order valence-electron chi connectivity index (χ4n) is 2.12. The number of benzene rings is 1. The summed E-state index contributed by atoms with van der Waals surface area (Å²) < 4.78 is 10.1. The van der Waals surface area contributed by atoms with Gasteiger partial charge in [0.2, 0.25) is 5.91 Å². The molecule has 24 heavy (non-hydrogen) atoms. The van der Waals surface area contributed by atoms with Gasteiger partial charge in [-0.2, -0.15) is 0 Å². The van der Waals surface area contributed by atoms with E-state index in [9.17, 15) is 9.59 Å². The minimum absolute atomic E-state index is 0.0476. The summed E-state index contributed by atoms with van der Waals surface area (Å²) in [7, 11) is 1.27. The van der Waals surface area contributed by atoms with E-state index in [1.54, 1.807) is 0 Å². The predicted octanol–water partition coefficient (Wildman–Crippen LogP) is 2.69. The first kappa shape index (κ1) is 19.8. The minimum atomic E-state index is -0.636. The van der Waals surface area contributed by atoms with Crippen LogP contribution in [0.15, 0.2) is 24.3 Å². The Kier molecular flexibility index (Phi) is 8.09. The number of rotatable bonds is 8. The van der Waals surface area contributed by atoms with E-state index >= 15 is 0 Å². The highest BCUT2D eigenvalue weighted by Crippen LogP contribution is 2.18. The van der Waals surface area contributed by atoms with Crippen molar-refractivity contribution in [3.8, 4) is 5.75 Å². The largest absolute Gasteiger partial charge is 0.492 e.